The van der Waals surface area contributed by atoms with Gasteiger partial charge in [0.1, 0.15) is 0 Å². The first-order valence-corrected chi connectivity index (χ1v) is 8.17. The fraction of sp³-hybridized carbons (Fsp3) is 0.200. The SMILES string of the molecule is C/C(=N\NC(=O)CCSc1ccccc1)c1cccs1. The smallest absolute Gasteiger partial charge is 0.240 e. The Hall–Kier alpha value is -1.59. The van der Waals surface area contributed by atoms with E-state index in [1.807, 2.05) is 54.8 Å². The van der Waals surface area contributed by atoms with Crippen LogP contribution in [0.3, 0.4) is 0 Å². The lowest BCUT2D eigenvalue weighted by Crippen LogP contribution is -2.19. The summed E-state index contributed by atoms with van der Waals surface area (Å²) in [6.45, 7) is 1.89. The molecule has 1 aromatic heterocycles. The van der Waals surface area contributed by atoms with Crippen molar-refractivity contribution in [2.45, 2.75) is 18.2 Å². The lowest BCUT2D eigenvalue weighted by Gasteiger charge is -2.02. The molecule has 1 heterocycles. The highest BCUT2D eigenvalue weighted by Crippen LogP contribution is 2.17. The lowest BCUT2D eigenvalue weighted by atomic mass is 10.3. The third-order valence-corrected chi connectivity index (χ3v) is 4.56. The van der Waals surface area contributed by atoms with Crippen molar-refractivity contribution in [2.75, 3.05) is 5.75 Å². The highest BCUT2D eigenvalue weighted by atomic mass is 32.2. The molecule has 1 N–H and O–H groups in total. The topological polar surface area (TPSA) is 41.5 Å². The van der Waals surface area contributed by atoms with E-state index >= 15 is 0 Å². The van der Waals surface area contributed by atoms with Gasteiger partial charge in [-0.2, -0.15) is 5.10 Å². The average Bonchev–Trinajstić information content (AvgIpc) is 3.00. The van der Waals surface area contributed by atoms with Gasteiger partial charge in [-0.3, -0.25) is 4.79 Å². The molecule has 0 radical (unpaired) electrons. The molecule has 0 atom stereocenters. The number of amides is 1. The van der Waals surface area contributed by atoms with E-state index < -0.39 is 0 Å². The Morgan fingerprint density at radius 3 is 2.75 bits per heavy atom. The molecule has 0 aliphatic rings. The number of hydrogen-bond donors (Lipinski definition) is 1. The predicted octanol–water partition coefficient (Wildman–Crippen LogP) is 3.77. The Bertz CT molecular complexity index is 565. The van der Waals surface area contributed by atoms with Gasteiger partial charge in [-0.15, -0.1) is 23.1 Å². The molecule has 0 saturated carbocycles. The van der Waals surface area contributed by atoms with Crippen molar-refractivity contribution < 1.29 is 4.79 Å². The second kappa shape index (κ2) is 7.87. The molecule has 0 saturated heterocycles. The molecule has 3 nitrogen and oxygen atoms in total. The van der Waals surface area contributed by atoms with Gasteiger partial charge in [0, 0.05) is 21.9 Å². The van der Waals surface area contributed by atoms with E-state index in [0.717, 1.165) is 16.3 Å². The van der Waals surface area contributed by atoms with Crippen LogP contribution < -0.4 is 5.43 Å². The number of hydrogen-bond acceptors (Lipinski definition) is 4. The van der Waals surface area contributed by atoms with E-state index in [0.29, 0.717) is 6.42 Å². The number of nitrogens with zero attached hydrogens (tertiary/aromatic N) is 1. The molecule has 2 rings (SSSR count). The van der Waals surface area contributed by atoms with Gasteiger partial charge in [0.15, 0.2) is 0 Å². The molecule has 1 amide bonds. The standard InChI is InChI=1S/C15H16N2OS2/c1-12(14-8-5-10-20-14)16-17-15(18)9-11-19-13-6-3-2-4-7-13/h2-8,10H,9,11H2,1H3,(H,17,18)/b16-12+. The zero-order valence-corrected chi connectivity index (χ0v) is 12.8. The number of carbonyl (C=O) groups excluding carboxylic acids is 1. The largest absolute Gasteiger partial charge is 0.273 e. The van der Waals surface area contributed by atoms with Crippen LogP contribution in [0, 0.1) is 0 Å². The van der Waals surface area contributed by atoms with Crippen molar-refractivity contribution >= 4 is 34.7 Å². The van der Waals surface area contributed by atoms with Crippen molar-refractivity contribution in [1.82, 2.24) is 5.43 Å². The van der Waals surface area contributed by atoms with Gasteiger partial charge >= 0.3 is 0 Å². The number of carbonyl (C=O) groups is 1. The van der Waals surface area contributed by atoms with Crippen molar-refractivity contribution in [1.29, 1.82) is 0 Å². The minimum Gasteiger partial charge on any atom is -0.273 e. The number of thiophene rings is 1. The van der Waals surface area contributed by atoms with Gasteiger partial charge in [-0.05, 0) is 30.5 Å². The second-order valence-electron chi connectivity index (χ2n) is 4.12. The van der Waals surface area contributed by atoms with Gasteiger partial charge in [0.2, 0.25) is 5.91 Å². The molecule has 0 aliphatic heterocycles. The molecule has 1 aromatic carbocycles. The number of benzene rings is 1. The summed E-state index contributed by atoms with van der Waals surface area (Å²) in [6.07, 6.45) is 0.459. The molecule has 20 heavy (non-hydrogen) atoms. The molecule has 0 bridgehead atoms. The maximum Gasteiger partial charge on any atom is 0.240 e. The molecule has 0 spiro atoms. The lowest BCUT2D eigenvalue weighted by molar-refractivity contribution is -0.120. The summed E-state index contributed by atoms with van der Waals surface area (Å²) in [5, 5.41) is 6.10. The minimum absolute atomic E-state index is 0.0515. The quantitative estimate of drug-likeness (QED) is 0.501. The van der Waals surface area contributed by atoms with Crippen LogP contribution in [0.1, 0.15) is 18.2 Å². The maximum absolute atomic E-state index is 11.7. The van der Waals surface area contributed by atoms with E-state index in [1.165, 1.54) is 4.90 Å². The zero-order chi connectivity index (χ0) is 14.2. The third-order valence-electron chi connectivity index (χ3n) is 2.57. The van der Waals surface area contributed by atoms with E-state index in [-0.39, 0.29) is 5.91 Å². The van der Waals surface area contributed by atoms with Crippen LogP contribution in [0.4, 0.5) is 0 Å². The van der Waals surface area contributed by atoms with Crippen molar-refractivity contribution in [3.05, 3.63) is 52.7 Å². The summed E-state index contributed by atoms with van der Waals surface area (Å²) in [5.74, 6) is 0.702. The summed E-state index contributed by atoms with van der Waals surface area (Å²) < 4.78 is 0. The first-order chi connectivity index (χ1) is 9.75. The monoisotopic (exact) mass is 304 g/mol. The van der Waals surface area contributed by atoms with Crippen LogP contribution in [-0.4, -0.2) is 17.4 Å². The Labute approximate surface area is 127 Å². The molecule has 5 heteroatoms. The van der Waals surface area contributed by atoms with Crippen LogP contribution in [0.2, 0.25) is 0 Å². The van der Waals surface area contributed by atoms with Crippen LogP contribution in [0.15, 0.2) is 57.8 Å². The molecule has 0 unspecified atom stereocenters. The molecular formula is C15H16N2OS2. The fourth-order valence-electron chi connectivity index (χ4n) is 1.52. The Morgan fingerprint density at radius 1 is 1.25 bits per heavy atom. The third kappa shape index (κ3) is 4.83. The van der Waals surface area contributed by atoms with Gasteiger partial charge in [0.05, 0.1) is 5.71 Å². The van der Waals surface area contributed by atoms with Gasteiger partial charge < -0.3 is 0 Å². The Balaban J connectivity index is 1.72. The Kier molecular flexibility index (Phi) is 5.83. The first-order valence-electron chi connectivity index (χ1n) is 6.30. The van der Waals surface area contributed by atoms with E-state index in [9.17, 15) is 4.79 Å². The van der Waals surface area contributed by atoms with E-state index in [1.54, 1.807) is 23.1 Å². The molecular weight excluding hydrogens is 288 g/mol. The number of thioether (sulfide) groups is 1. The summed E-state index contributed by atoms with van der Waals surface area (Å²) in [4.78, 5) is 13.9. The second-order valence-corrected chi connectivity index (χ2v) is 6.24. The van der Waals surface area contributed by atoms with Crippen molar-refractivity contribution in [3.8, 4) is 0 Å². The van der Waals surface area contributed by atoms with Gasteiger partial charge in [-0.25, -0.2) is 5.43 Å². The Morgan fingerprint density at radius 2 is 2.05 bits per heavy atom. The summed E-state index contributed by atoms with van der Waals surface area (Å²) in [7, 11) is 0. The first kappa shape index (κ1) is 14.8. The summed E-state index contributed by atoms with van der Waals surface area (Å²) in [5.41, 5.74) is 3.44. The van der Waals surface area contributed by atoms with Crippen LogP contribution in [0.25, 0.3) is 0 Å². The average molecular weight is 304 g/mol. The number of rotatable bonds is 6. The molecule has 0 aliphatic carbocycles. The zero-order valence-electron chi connectivity index (χ0n) is 11.2. The van der Waals surface area contributed by atoms with Crippen LogP contribution in [0.5, 0.6) is 0 Å². The normalized spacial score (nSPS) is 11.3. The molecule has 104 valence electrons. The predicted molar refractivity (Wildman–Crippen MR) is 86.5 cm³/mol. The van der Waals surface area contributed by atoms with Crippen molar-refractivity contribution in [3.63, 3.8) is 0 Å². The number of nitrogens with one attached hydrogen (secondary N) is 1. The fourth-order valence-corrected chi connectivity index (χ4v) is 3.07. The molecule has 2 aromatic rings. The summed E-state index contributed by atoms with van der Waals surface area (Å²) in [6, 6.07) is 14.0. The van der Waals surface area contributed by atoms with Crippen LogP contribution in [-0.2, 0) is 4.79 Å². The number of hydrazone groups is 1. The van der Waals surface area contributed by atoms with Gasteiger partial charge in [0.25, 0.3) is 0 Å². The molecule has 0 fully saturated rings. The minimum atomic E-state index is -0.0515. The van der Waals surface area contributed by atoms with E-state index in [2.05, 4.69) is 10.5 Å². The summed E-state index contributed by atoms with van der Waals surface area (Å²) >= 11 is 3.29. The van der Waals surface area contributed by atoms with Gasteiger partial charge in [-0.1, -0.05) is 24.3 Å². The van der Waals surface area contributed by atoms with E-state index in [4.69, 9.17) is 0 Å². The maximum atomic E-state index is 11.7. The van der Waals surface area contributed by atoms with Crippen LogP contribution >= 0.6 is 23.1 Å². The highest BCUT2D eigenvalue weighted by Gasteiger charge is 2.02. The van der Waals surface area contributed by atoms with Crippen molar-refractivity contribution in [2.24, 2.45) is 5.10 Å². The highest BCUT2D eigenvalue weighted by molar-refractivity contribution is 7.99.